The Balaban J connectivity index is 1.21. The van der Waals surface area contributed by atoms with Gasteiger partial charge in [-0.05, 0) is 61.1 Å². The summed E-state index contributed by atoms with van der Waals surface area (Å²) in [5, 5.41) is 6.78. The molecular weight excluding hydrogens is 475 g/mol. The molecule has 1 aliphatic heterocycles. The van der Waals surface area contributed by atoms with Crippen molar-refractivity contribution in [1.82, 2.24) is 10.2 Å². The highest BCUT2D eigenvalue weighted by Crippen LogP contribution is 2.38. The second-order valence-corrected chi connectivity index (χ2v) is 10.5. The highest BCUT2D eigenvalue weighted by atomic mass is 32.1. The van der Waals surface area contributed by atoms with Crippen molar-refractivity contribution in [3.05, 3.63) is 82.0 Å². The summed E-state index contributed by atoms with van der Waals surface area (Å²) in [6, 6.07) is 16.4. The molecule has 0 bridgehead atoms. The number of hydrogen-bond donors (Lipinski definition) is 2. The lowest BCUT2D eigenvalue weighted by Gasteiger charge is -2.35. The van der Waals surface area contributed by atoms with Gasteiger partial charge in [-0.25, -0.2) is 4.39 Å². The third-order valence-electron chi connectivity index (χ3n) is 6.88. The number of carbonyl (C=O) groups is 2. The molecule has 0 spiro atoms. The number of thiophene rings is 1. The van der Waals surface area contributed by atoms with E-state index in [-0.39, 0.29) is 24.2 Å². The molecule has 2 aliphatic rings. The lowest BCUT2D eigenvalue weighted by molar-refractivity contribution is -0.117. The van der Waals surface area contributed by atoms with Crippen LogP contribution >= 0.6 is 11.3 Å². The van der Waals surface area contributed by atoms with E-state index < -0.39 is 0 Å². The van der Waals surface area contributed by atoms with Crippen molar-refractivity contribution in [2.24, 2.45) is 0 Å². The van der Waals surface area contributed by atoms with Crippen molar-refractivity contribution in [2.75, 3.05) is 42.9 Å². The fourth-order valence-corrected chi connectivity index (χ4v) is 6.25. The van der Waals surface area contributed by atoms with Gasteiger partial charge in [0, 0.05) is 43.3 Å². The van der Waals surface area contributed by atoms with Crippen molar-refractivity contribution in [3.63, 3.8) is 0 Å². The van der Waals surface area contributed by atoms with Crippen LogP contribution in [0.4, 0.5) is 15.1 Å². The molecule has 0 radical (unpaired) electrons. The minimum atomic E-state index is -0.238. The Morgan fingerprint density at radius 3 is 2.39 bits per heavy atom. The van der Waals surface area contributed by atoms with Crippen LogP contribution in [-0.4, -0.2) is 49.4 Å². The van der Waals surface area contributed by atoms with Gasteiger partial charge in [0.25, 0.3) is 5.91 Å². The smallest absolute Gasteiger partial charge is 0.254 e. The number of fused-ring (bicyclic) bond motifs is 1. The van der Waals surface area contributed by atoms with Gasteiger partial charge in [-0.3, -0.25) is 14.5 Å². The molecule has 0 saturated carbocycles. The molecule has 1 fully saturated rings. The molecule has 2 amide bonds. The maximum atomic E-state index is 13.2. The summed E-state index contributed by atoms with van der Waals surface area (Å²) in [5.41, 5.74) is 3.77. The van der Waals surface area contributed by atoms with Gasteiger partial charge in [0.1, 0.15) is 10.8 Å². The fourth-order valence-electron chi connectivity index (χ4n) is 4.95. The molecule has 1 saturated heterocycles. The van der Waals surface area contributed by atoms with Crippen LogP contribution < -0.4 is 15.5 Å². The zero-order valence-corrected chi connectivity index (χ0v) is 21.1. The Labute approximate surface area is 215 Å². The summed E-state index contributed by atoms with van der Waals surface area (Å²) in [6.45, 7) is 3.78. The quantitative estimate of drug-likeness (QED) is 0.497. The standard InChI is InChI=1S/C28H31FN4O2S/c29-21-10-12-22(13-11-21)33-16-14-32(15-17-33)19-25(34)31-28-26(23-8-4-5-9-24(23)36-28)27(35)30-18-20-6-2-1-3-7-20/h1-3,6-7,10-13H,4-5,8-9,14-19H2,(H,30,35)(H,31,34). The second-order valence-electron chi connectivity index (χ2n) is 9.37. The van der Waals surface area contributed by atoms with Crippen LogP contribution in [0, 0.1) is 5.82 Å². The molecule has 5 rings (SSSR count). The molecule has 0 unspecified atom stereocenters. The van der Waals surface area contributed by atoms with Gasteiger partial charge >= 0.3 is 0 Å². The number of nitrogens with one attached hydrogen (secondary N) is 2. The molecule has 2 heterocycles. The molecule has 188 valence electrons. The number of nitrogens with zero attached hydrogens (tertiary/aromatic N) is 2. The number of carbonyl (C=O) groups excluding carboxylic acids is 2. The minimum absolute atomic E-state index is 0.0964. The predicted octanol–water partition coefficient (Wildman–Crippen LogP) is 4.46. The van der Waals surface area contributed by atoms with Gasteiger partial charge in [0.15, 0.2) is 0 Å². The molecule has 8 heteroatoms. The number of anilines is 2. The van der Waals surface area contributed by atoms with Crippen molar-refractivity contribution < 1.29 is 14.0 Å². The SMILES string of the molecule is O=C(CN1CCN(c2ccc(F)cc2)CC1)Nc1sc2c(c1C(=O)NCc1ccccc1)CCCC2. The van der Waals surface area contributed by atoms with Crippen LogP contribution in [-0.2, 0) is 24.2 Å². The maximum absolute atomic E-state index is 13.2. The van der Waals surface area contributed by atoms with E-state index in [2.05, 4.69) is 20.4 Å². The molecular formula is C28H31FN4O2S. The molecule has 36 heavy (non-hydrogen) atoms. The lowest BCUT2D eigenvalue weighted by Crippen LogP contribution is -2.48. The number of amides is 2. The van der Waals surface area contributed by atoms with E-state index >= 15 is 0 Å². The summed E-state index contributed by atoms with van der Waals surface area (Å²) in [4.78, 5) is 31.8. The Kier molecular flexibility index (Phi) is 7.63. The van der Waals surface area contributed by atoms with E-state index in [1.807, 2.05) is 30.3 Å². The Bertz CT molecular complexity index is 1200. The first-order valence-corrected chi connectivity index (χ1v) is 13.4. The highest BCUT2D eigenvalue weighted by Gasteiger charge is 2.27. The Hall–Kier alpha value is -3.23. The van der Waals surface area contributed by atoms with Crippen molar-refractivity contribution in [1.29, 1.82) is 0 Å². The number of rotatable bonds is 7. The van der Waals surface area contributed by atoms with E-state index in [1.165, 1.54) is 17.0 Å². The zero-order chi connectivity index (χ0) is 24.9. The van der Waals surface area contributed by atoms with Crippen LogP contribution in [0.5, 0.6) is 0 Å². The summed E-state index contributed by atoms with van der Waals surface area (Å²) in [7, 11) is 0. The second kappa shape index (κ2) is 11.2. The van der Waals surface area contributed by atoms with Gasteiger partial charge in [0.05, 0.1) is 12.1 Å². The fraction of sp³-hybridized carbons (Fsp3) is 0.357. The monoisotopic (exact) mass is 506 g/mol. The Morgan fingerprint density at radius 2 is 1.64 bits per heavy atom. The molecule has 1 aromatic heterocycles. The van der Waals surface area contributed by atoms with Crippen LogP contribution in [0.1, 0.15) is 39.2 Å². The van der Waals surface area contributed by atoms with E-state index in [1.54, 1.807) is 23.5 Å². The number of halogens is 1. The van der Waals surface area contributed by atoms with E-state index in [9.17, 15) is 14.0 Å². The molecule has 6 nitrogen and oxygen atoms in total. The van der Waals surface area contributed by atoms with E-state index in [0.29, 0.717) is 17.1 Å². The number of benzene rings is 2. The number of hydrogen-bond acceptors (Lipinski definition) is 5. The molecule has 1 aliphatic carbocycles. The van der Waals surface area contributed by atoms with Gasteiger partial charge in [-0.2, -0.15) is 0 Å². The highest BCUT2D eigenvalue weighted by molar-refractivity contribution is 7.17. The first kappa shape index (κ1) is 24.5. The summed E-state index contributed by atoms with van der Waals surface area (Å²) >= 11 is 1.55. The van der Waals surface area contributed by atoms with Gasteiger partial charge in [-0.15, -0.1) is 11.3 Å². The summed E-state index contributed by atoms with van der Waals surface area (Å²) in [6.07, 6.45) is 4.01. The summed E-state index contributed by atoms with van der Waals surface area (Å²) < 4.78 is 13.2. The Morgan fingerprint density at radius 1 is 0.917 bits per heavy atom. The van der Waals surface area contributed by atoms with Crippen molar-refractivity contribution in [3.8, 4) is 0 Å². The van der Waals surface area contributed by atoms with Crippen molar-refractivity contribution in [2.45, 2.75) is 32.2 Å². The first-order chi connectivity index (χ1) is 17.6. The lowest BCUT2D eigenvalue weighted by atomic mass is 9.95. The number of aryl methyl sites for hydroxylation is 1. The minimum Gasteiger partial charge on any atom is -0.369 e. The van der Waals surface area contributed by atoms with Gasteiger partial charge in [-0.1, -0.05) is 30.3 Å². The van der Waals surface area contributed by atoms with Crippen LogP contribution in [0.25, 0.3) is 0 Å². The van der Waals surface area contributed by atoms with Crippen LogP contribution in [0.2, 0.25) is 0 Å². The first-order valence-electron chi connectivity index (χ1n) is 12.6. The van der Waals surface area contributed by atoms with Gasteiger partial charge in [0.2, 0.25) is 5.91 Å². The average molecular weight is 507 g/mol. The molecule has 0 atom stereocenters. The normalized spacial score (nSPS) is 15.9. The predicted molar refractivity (Wildman–Crippen MR) is 142 cm³/mol. The number of piperazine rings is 1. The molecule has 2 N–H and O–H groups in total. The zero-order valence-electron chi connectivity index (χ0n) is 20.3. The topological polar surface area (TPSA) is 64.7 Å². The summed E-state index contributed by atoms with van der Waals surface area (Å²) in [5.74, 6) is -0.458. The van der Waals surface area contributed by atoms with Gasteiger partial charge < -0.3 is 15.5 Å². The molecule has 2 aromatic carbocycles. The van der Waals surface area contributed by atoms with E-state index in [0.717, 1.165) is 68.7 Å². The largest absolute Gasteiger partial charge is 0.369 e. The van der Waals surface area contributed by atoms with Crippen molar-refractivity contribution >= 4 is 33.8 Å². The average Bonchev–Trinajstić information content (AvgIpc) is 3.26. The van der Waals surface area contributed by atoms with E-state index in [4.69, 9.17) is 0 Å². The third-order valence-corrected chi connectivity index (χ3v) is 8.09. The molecule has 3 aromatic rings. The van der Waals surface area contributed by atoms with Crippen LogP contribution in [0.3, 0.4) is 0 Å². The maximum Gasteiger partial charge on any atom is 0.254 e. The third kappa shape index (κ3) is 5.77. The van der Waals surface area contributed by atoms with Crippen LogP contribution in [0.15, 0.2) is 54.6 Å².